The van der Waals surface area contributed by atoms with Crippen LogP contribution >= 0.6 is 11.6 Å². The number of hydrogen-bond donors (Lipinski definition) is 0. The molecule has 0 fully saturated rings. The standard InChI is InChI=1S/C17H12ClN5O3/c18-11-6-7-13-14(8-11)22(12-4-2-1-3-5-12)17(24)9-15-19-20-16(23(13)15)10-21(25)26/h1-8H,9-10H2. The fourth-order valence-corrected chi connectivity index (χ4v) is 3.20. The van der Waals surface area contributed by atoms with Gasteiger partial charge in [-0.1, -0.05) is 29.8 Å². The number of carbonyl (C=O) groups excluding carboxylic acids is 1. The Balaban J connectivity index is 1.97. The van der Waals surface area contributed by atoms with E-state index in [9.17, 15) is 14.9 Å². The molecule has 0 spiro atoms. The van der Waals surface area contributed by atoms with Crippen molar-refractivity contribution in [1.82, 2.24) is 14.8 Å². The predicted molar refractivity (Wildman–Crippen MR) is 94.4 cm³/mol. The van der Waals surface area contributed by atoms with Crippen molar-refractivity contribution in [3.63, 3.8) is 0 Å². The lowest BCUT2D eigenvalue weighted by atomic mass is 10.2. The molecule has 2 heterocycles. The Bertz CT molecular complexity index is 1020. The molecule has 1 amide bonds. The fourth-order valence-electron chi connectivity index (χ4n) is 3.04. The summed E-state index contributed by atoms with van der Waals surface area (Å²) in [5, 5.41) is 19.3. The van der Waals surface area contributed by atoms with Crippen molar-refractivity contribution >= 4 is 28.9 Å². The number of amides is 1. The Hall–Kier alpha value is -3.26. The van der Waals surface area contributed by atoms with Crippen LogP contribution in [-0.2, 0) is 17.8 Å². The van der Waals surface area contributed by atoms with E-state index >= 15 is 0 Å². The normalized spacial score (nSPS) is 13.1. The van der Waals surface area contributed by atoms with Crippen molar-refractivity contribution in [2.75, 3.05) is 4.90 Å². The second-order valence-electron chi connectivity index (χ2n) is 5.73. The van der Waals surface area contributed by atoms with Crippen molar-refractivity contribution in [2.24, 2.45) is 0 Å². The number of para-hydroxylation sites is 1. The van der Waals surface area contributed by atoms with Crippen molar-refractivity contribution in [3.05, 3.63) is 75.3 Å². The van der Waals surface area contributed by atoms with Gasteiger partial charge in [0.25, 0.3) is 6.54 Å². The number of halogens is 1. The number of nitrogens with zero attached hydrogens (tertiary/aromatic N) is 5. The highest BCUT2D eigenvalue weighted by molar-refractivity contribution is 6.31. The lowest BCUT2D eigenvalue weighted by Crippen LogP contribution is -2.26. The molecule has 26 heavy (non-hydrogen) atoms. The quantitative estimate of drug-likeness (QED) is 0.522. The first-order chi connectivity index (χ1) is 12.5. The SMILES string of the molecule is O=C1Cc2nnc(C[N+](=O)[O-])n2-c2ccc(Cl)cc2N1c1ccccc1. The summed E-state index contributed by atoms with van der Waals surface area (Å²) in [4.78, 5) is 25.0. The van der Waals surface area contributed by atoms with Crippen molar-refractivity contribution in [1.29, 1.82) is 0 Å². The molecule has 0 bridgehead atoms. The van der Waals surface area contributed by atoms with E-state index in [-0.39, 0.29) is 18.2 Å². The second-order valence-corrected chi connectivity index (χ2v) is 6.17. The van der Waals surface area contributed by atoms with Crippen LogP contribution in [0.3, 0.4) is 0 Å². The lowest BCUT2D eigenvalue weighted by molar-refractivity contribution is -0.498. The van der Waals surface area contributed by atoms with Crippen LogP contribution in [0.4, 0.5) is 11.4 Å². The summed E-state index contributed by atoms with van der Waals surface area (Å²) in [5.41, 5.74) is 1.77. The highest BCUT2D eigenvalue weighted by Crippen LogP contribution is 2.37. The molecule has 8 nitrogen and oxygen atoms in total. The average Bonchev–Trinajstić information content (AvgIpc) is 2.92. The topological polar surface area (TPSA) is 94.2 Å². The number of nitro groups is 1. The summed E-state index contributed by atoms with van der Waals surface area (Å²) in [6.07, 6.45) is -0.0358. The monoisotopic (exact) mass is 369 g/mol. The van der Waals surface area contributed by atoms with Gasteiger partial charge in [0.05, 0.1) is 17.8 Å². The summed E-state index contributed by atoms with van der Waals surface area (Å²) in [7, 11) is 0. The molecular formula is C17H12ClN5O3. The number of benzene rings is 2. The zero-order chi connectivity index (χ0) is 18.3. The van der Waals surface area contributed by atoms with Crippen molar-refractivity contribution in [3.8, 4) is 5.69 Å². The van der Waals surface area contributed by atoms with Gasteiger partial charge in [0.2, 0.25) is 11.7 Å². The number of hydrogen-bond acceptors (Lipinski definition) is 5. The van der Waals surface area contributed by atoms with Gasteiger partial charge in [-0.05, 0) is 30.3 Å². The molecule has 1 aromatic heterocycles. The highest BCUT2D eigenvalue weighted by atomic mass is 35.5. The number of anilines is 2. The van der Waals surface area contributed by atoms with Crippen LogP contribution in [0, 0.1) is 10.1 Å². The molecule has 0 saturated carbocycles. The molecule has 0 radical (unpaired) electrons. The predicted octanol–water partition coefficient (Wildman–Crippen LogP) is 2.92. The van der Waals surface area contributed by atoms with E-state index in [0.717, 1.165) is 0 Å². The van der Waals surface area contributed by atoms with Crippen LogP contribution < -0.4 is 4.90 Å². The molecule has 2 aromatic carbocycles. The fraction of sp³-hybridized carbons (Fsp3) is 0.118. The van der Waals surface area contributed by atoms with Crippen LogP contribution in [0.2, 0.25) is 5.02 Å². The van der Waals surface area contributed by atoms with Gasteiger partial charge in [-0.3, -0.25) is 24.4 Å². The molecule has 1 aliphatic heterocycles. The highest BCUT2D eigenvalue weighted by Gasteiger charge is 2.31. The maximum Gasteiger partial charge on any atom is 0.263 e. The van der Waals surface area contributed by atoms with Crippen LogP contribution in [0.1, 0.15) is 11.6 Å². The number of carbonyl (C=O) groups is 1. The summed E-state index contributed by atoms with van der Waals surface area (Å²) in [6.45, 7) is -0.491. The number of rotatable bonds is 3. The summed E-state index contributed by atoms with van der Waals surface area (Å²) in [5.74, 6) is 0.295. The van der Waals surface area contributed by atoms with Gasteiger partial charge in [0, 0.05) is 15.6 Å². The van der Waals surface area contributed by atoms with Gasteiger partial charge in [-0.2, -0.15) is 0 Å². The smallest absolute Gasteiger partial charge is 0.263 e. The molecular weight excluding hydrogens is 358 g/mol. The van der Waals surface area contributed by atoms with E-state index in [1.165, 1.54) is 0 Å². The molecule has 0 N–H and O–H groups in total. The van der Waals surface area contributed by atoms with Gasteiger partial charge in [0.1, 0.15) is 5.82 Å². The van der Waals surface area contributed by atoms with E-state index in [2.05, 4.69) is 10.2 Å². The molecule has 0 atom stereocenters. The number of fused-ring (bicyclic) bond motifs is 3. The minimum Gasteiger partial charge on any atom is -0.278 e. The van der Waals surface area contributed by atoms with Gasteiger partial charge in [-0.15, -0.1) is 10.2 Å². The zero-order valence-corrected chi connectivity index (χ0v) is 14.1. The third kappa shape index (κ3) is 2.70. The Labute approximate surface area is 152 Å². The van der Waals surface area contributed by atoms with Gasteiger partial charge >= 0.3 is 0 Å². The van der Waals surface area contributed by atoms with E-state index in [0.29, 0.717) is 27.9 Å². The van der Waals surface area contributed by atoms with Crippen LogP contribution in [0.5, 0.6) is 0 Å². The Morgan fingerprint density at radius 1 is 1.12 bits per heavy atom. The third-order valence-electron chi connectivity index (χ3n) is 4.06. The van der Waals surface area contributed by atoms with E-state index in [1.807, 2.05) is 30.3 Å². The Kier molecular flexibility index (Phi) is 3.89. The maximum absolute atomic E-state index is 13.0. The summed E-state index contributed by atoms with van der Waals surface area (Å²) in [6, 6.07) is 14.2. The van der Waals surface area contributed by atoms with Crippen molar-refractivity contribution < 1.29 is 9.72 Å². The molecule has 1 aliphatic rings. The average molecular weight is 370 g/mol. The molecule has 130 valence electrons. The first-order valence-electron chi connectivity index (χ1n) is 7.77. The van der Waals surface area contributed by atoms with Gasteiger partial charge in [-0.25, -0.2) is 0 Å². The second kappa shape index (κ2) is 6.23. The van der Waals surface area contributed by atoms with Crippen molar-refractivity contribution in [2.45, 2.75) is 13.0 Å². The zero-order valence-electron chi connectivity index (χ0n) is 13.4. The minimum atomic E-state index is -0.491. The number of aromatic nitrogens is 3. The van der Waals surface area contributed by atoms with Gasteiger partial charge < -0.3 is 0 Å². The first kappa shape index (κ1) is 16.2. The van der Waals surface area contributed by atoms with Crippen LogP contribution in [-0.4, -0.2) is 25.6 Å². The summed E-state index contributed by atoms with van der Waals surface area (Å²) < 4.78 is 1.56. The minimum absolute atomic E-state index is 0.0358. The van der Waals surface area contributed by atoms with Crippen LogP contribution in [0.15, 0.2) is 48.5 Å². The lowest BCUT2D eigenvalue weighted by Gasteiger charge is -2.23. The van der Waals surface area contributed by atoms with E-state index in [4.69, 9.17) is 11.6 Å². The van der Waals surface area contributed by atoms with E-state index in [1.54, 1.807) is 27.7 Å². The molecule has 0 saturated heterocycles. The largest absolute Gasteiger partial charge is 0.278 e. The molecule has 0 unspecified atom stereocenters. The molecule has 9 heteroatoms. The Morgan fingerprint density at radius 3 is 2.62 bits per heavy atom. The molecule has 4 rings (SSSR count). The van der Waals surface area contributed by atoms with Gasteiger partial charge in [0.15, 0.2) is 0 Å². The van der Waals surface area contributed by atoms with E-state index < -0.39 is 11.5 Å². The molecule has 3 aromatic rings. The Morgan fingerprint density at radius 2 is 1.88 bits per heavy atom. The van der Waals surface area contributed by atoms with Crippen LogP contribution in [0.25, 0.3) is 5.69 Å². The molecule has 0 aliphatic carbocycles. The third-order valence-corrected chi connectivity index (χ3v) is 4.30. The summed E-state index contributed by atoms with van der Waals surface area (Å²) >= 11 is 6.17. The first-order valence-corrected chi connectivity index (χ1v) is 8.15. The maximum atomic E-state index is 13.0.